The van der Waals surface area contributed by atoms with Crippen LogP contribution in [0.5, 0.6) is 0 Å². The summed E-state index contributed by atoms with van der Waals surface area (Å²) >= 11 is 4.35. The summed E-state index contributed by atoms with van der Waals surface area (Å²) in [5.41, 5.74) is 10.5. The molecule has 0 rings (SSSR count). The van der Waals surface area contributed by atoms with Gasteiger partial charge in [0, 0.05) is 40.9 Å². The summed E-state index contributed by atoms with van der Waals surface area (Å²) < 4.78 is 2.48. The fraction of sp³-hybridized carbons (Fsp3) is 0.600. The number of rotatable bonds is 20. The highest BCUT2D eigenvalue weighted by atomic mass is 32.2. The Morgan fingerprint density at radius 1 is 0.714 bits per heavy atom. The van der Waals surface area contributed by atoms with Crippen molar-refractivity contribution >= 4 is 72.1 Å². The second-order valence-corrected chi connectivity index (χ2v) is 9.09. The Kier molecular flexibility index (Phi) is 21.6. The maximum atomic E-state index is 11.7. The van der Waals surface area contributed by atoms with Crippen LogP contribution in [0, 0.1) is 4.91 Å². The summed E-state index contributed by atoms with van der Waals surface area (Å²) in [7, 11) is 0. The van der Waals surface area contributed by atoms with Gasteiger partial charge in [0.2, 0.25) is 23.6 Å². The van der Waals surface area contributed by atoms with Crippen molar-refractivity contribution in [2.24, 2.45) is 16.0 Å². The number of carbonyl (C=O) groups excluding carboxylic acids is 4. The number of carboxylic acid groups (broad SMARTS) is 4. The molecular formula is C20H33N7O13S2. The van der Waals surface area contributed by atoms with Crippen molar-refractivity contribution in [3.63, 3.8) is 0 Å². The normalized spacial score (nSPS) is 12.9. The number of hydrogen-bond acceptors (Lipinski definition) is 14. The Bertz CT molecular complexity index is 986. The monoisotopic (exact) mass is 643 g/mol. The van der Waals surface area contributed by atoms with Gasteiger partial charge in [-0.25, -0.2) is 0 Å². The smallest absolute Gasteiger partial charge is 0.322 e. The molecule has 4 atom stereocenters. The molecule has 0 aliphatic heterocycles. The summed E-state index contributed by atoms with van der Waals surface area (Å²) in [6, 6.07) is -4.53. The minimum atomic E-state index is -1.27. The average molecular weight is 644 g/mol. The Morgan fingerprint density at radius 3 is 1.43 bits per heavy atom. The van der Waals surface area contributed by atoms with E-state index in [0.29, 0.717) is 11.9 Å². The maximum absolute atomic E-state index is 11.7. The molecule has 12 N–H and O–H groups in total. The van der Waals surface area contributed by atoms with Crippen LogP contribution in [0.3, 0.4) is 0 Å². The number of nitrogens with two attached hydrogens (primary N) is 2. The Hall–Kier alpha value is -4.02. The molecule has 0 heterocycles. The molecule has 0 unspecified atom stereocenters. The predicted octanol–water partition coefficient (Wildman–Crippen LogP) is -3.93. The molecule has 22 heteroatoms. The van der Waals surface area contributed by atoms with Crippen molar-refractivity contribution in [1.29, 1.82) is 0 Å². The lowest BCUT2D eigenvalue weighted by Gasteiger charge is -2.16. The van der Waals surface area contributed by atoms with Gasteiger partial charge in [0.25, 0.3) is 0 Å². The molecule has 42 heavy (non-hydrogen) atoms. The number of nitrogens with zero attached hydrogens (tertiary/aromatic N) is 1. The number of carboxylic acids is 4. The van der Waals surface area contributed by atoms with E-state index in [1.165, 1.54) is 0 Å². The number of aliphatic carboxylic acids is 4. The highest BCUT2D eigenvalue weighted by Gasteiger charge is 2.23. The molecule has 0 bridgehead atoms. The molecule has 0 aliphatic carbocycles. The fourth-order valence-electron chi connectivity index (χ4n) is 2.41. The van der Waals surface area contributed by atoms with Crippen LogP contribution in [0.1, 0.15) is 25.7 Å². The molecule has 238 valence electrons. The van der Waals surface area contributed by atoms with E-state index < -0.39 is 84.8 Å². The SMILES string of the molecule is N[C@@H](CCC(=O)N[C@@H](CS)C(=O)NCC(=O)O)C(=O)O.N[C@@H](CCC(=O)N[C@@H](CSN=O)C(=O)NCC(=O)O)C(=O)O. The second kappa shape index (κ2) is 22.6. The summed E-state index contributed by atoms with van der Waals surface area (Å²) in [4.78, 5) is 98.0. The highest BCUT2D eigenvalue weighted by Crippen LogP contribution is 2.05. The van der Waals surface area contributed by atoms with Crippen LogP contribution in [0.4, 0.5) is 0 Å². The van der Waals surface area contributed by atoms with Gasteiger partial charge in [-0.15, -0.1) is 4.91 Å². The lowest BCUT2D eigenvalue weighted by atomic mass is 10.1. The van der Waals surface area contributed by atoms with Crippen LogP contribution >= 0.6 is 24.6 Å². The van der Waals surface area contributed by atoms with Crippen molar-refractivity contribution in [3.05, 3.63) is 4.91 Å². The Labute approximate surface area is 247 Å². The van der Waals surface area contributed by atoms with Gasteiger partial charge in [-0.2, -0.15) is 12.6 Å². The zero-order chi connectivity index (χ0) is 32.8. The first-order chi connectivity index (χ1) is 19.5. The van der Waals surface area contributed by atoms with Gasteiger partial charge in [-0.3, -0.25) is 38.4 Å². The number of hydrogen-bond donors (Lipinski definition) is 11. The van der Waals surface area contributed by atoms with E-state index in [0.717, 1.165) is 0 Å². The molecule has 20 nitrogen and oxygen atoms in total. The largest absolute Gasteiger partial charge is 0.480 e. The van der Waals surface area contributed by atoms with Crippen molar-refractivity contribution in [2.75, 3.05) is 24.6 Å². The quantitative estimate of drug-likeness (QED) is 0.0343. The fourth-order valence-corrected chi connectivity index (χ4v) is 3.11. The number of nitrogens with one attached hydrogen (secondary N) is 4. The van der Waals surface area contributed by atoms with Crippen molar-refractivity contribution in [3.8, 4) is 0 Å². The number of amides is 4. The molecule has 0 radical (unpaired) electrons. The summed E-state index contributed by atoms with van der Waals surface area (Å²) in [5, 5.41) is 42.7. The van der Waals surface area contributed by atoms with Crippen LogP contribution in [-0.4, -0.2) is 117 Å². The Morgan fingerprint density at radius 2 is 1.10 bits per heavy atom. The topological polar surface area (TPSA) is 347 Å². The van der Waals surface area contributed by atoms with Gasteiger partial charge in [-0.05, 0) is 12.8 Å². The number of thiol groups is 1. The van der Waals surface area contributed by atoms with E-state index in [2.05, 4.69) is 38.5 Å². The number of nitroso groups, excluding NO2 is 1. The van der Waals surface area contributed by atoms with Gasteiger partial charge < -0.3 is 53.2 Å². The van der Waals surface area contributed by atoms with Crippen molar-refractivity contribution in [2.45, 2.75) is 49.9 Å². The van der Waals surface area contributed by atoms with Gasteiger partial charge in [0.05, 0.1) is 0 Å². The first kappa shape index (κ1) is 40.1. The average Bonchev–Trinajstić information content (AvgIpc) is 2.92. The second-order valence-electron chi connectivity index (χ2n) is 7.98. The third-order valence-electron chi connectivity index (χ3n) is 4.61. The van der Waals surface area contributed by atoms with E-state index in [1.807, 2.05) is 0 Å². The summed E-state index contributed by atoms with van der Waals surface area (Å²) in [5.74, 6) is -7.87. The van der Waals surface area contributed by atoms with Crippen LogP contribution in [0.2, 0.25) is 0 Å². The third-order valence-corrected chi connectivity index (χ3v) is 5.56. The van der Waals surface area contributed by atoms with Crippen molar-refractivity contribution < 1.29 is 58.8 Å². The molecule has 0 aliphatic rings. The zero-order valence-electron chi connectivity index (χ0n) is 21.9. The molecule has 0 fully saturated rings. The van der Waals surface area contributed by atoms with E-state index in [1.54, 1.807) is 0 Å². The lowest BCUT2D eigenvalue weighted by Crippen LogP contribution is -2.49. The first-order valence-electron chi connectivity index (χ1n) is 11.7. The summed E-state index contributed by atoms with van der Waals surface area (Å²) in [6.45, 7) is -1.21. The Balaban J connectivity index is 0. The van der Waals surface area contributed by atoms with Gasteiger partial charge in [0.15, 0.2) is 0 Å². The standard InChI is InChI=1S/C10H16N4O7S.C10H17N3O6S/c11-5(10(19)20)1-2-7(15)13-6(4-22-14-21)9(18)12-3-8(16)17;11-5(10(18)19)1-2-7(14)13-6(4-20)9(17)12-3-8(15)16/h5-6H,1-4,11H2,(H,12,18)(H,13,15)(H,16,17)(H,19,20);5-6,20H,1-4,11H2,(H,12,17)(H,13,14)(H,15,16)(H,18,19)/t2*5-,6-/m00/s1. The molecule has 0 saturated carbocycles. The number of carbonyl (C=O) groups is 8. The maximum Gasteiger partial charge on any atom is 0.322 e. The van der Waals surface area contributed by atoms with Gasteiger partial charge in [-0.1, -0.05) is 0 Å². The summed E-state index contributed by atoms with van der Waals surface area (Å²) in [6.07, 6.45) is -0.611. The lowest BCUT2D eigenvalue weighted by molar-refractivity contribution is -0.140. The van der Waals surface area contributed by atoms with Crippen LogP contribution in [-0.2, 0) is 38.4 Å². The highest BCUT2D eigenvalue weighted by molar-refractivity contribution is 7.97. The van der Waals surface area contributed by atoms with Gasteiger partial charge in [0.1, 0.15) is 37.3 Å². The third kappa shape index (κ3) is 20.8. The van der Waals surface area contributed by atoms with Crippen LogP contribution in [0.25, 0.3) is 0 Å². The van der Waals surface area contributed by atoms with E-state index in [-0.39, 0.29) is 37.2 Å². The molecular weight excluding hydrogens is 610 g/mol. The minimum absolute atomic E-state index is 0.0256. The van der Waals surface area contributed by atoms with Crippen LogP contribution < -0.4 is 32.7 Å². The molecule has 0 aromatic carbocycles. The van der Waals surface area contributed by atoms with E-state index in [9.17, 15) is 43.3 Å². The predicted molar refractivity (Wildman–Crippen MR) is 147 cm³/mol. The zero-order valence-corrected chi connectivity index (χ0v) is 23.6. The molecule has 4 amide bonds. The minimum Gasteiger partial charge on any atom is -0.480 e. The molecule has 0 aromatic rings. The molecule has 0 spiro atoms. The van der Waals surface area contributed by atoms with Crippen LogP contribution in [0.15, 0.2) is 4.58 Å². The molecule has 0 aromatic heterocycles. The van der Waals surface area contributed by atoms with Crippen molar-refractivity contribution in [1.82, 2.24) is 21.3 Å². The van der Waals surface area contributed by atoms with E-state index in [4.69, 9.17) is 31.9 Å². The molecule has 0 saturated heterocycles. The van der Waals surface area contributed by atoms with E-state index >= 15 is 0 Å². The first-order valence-corrected chi connectivity index (χ1v) is 13.2. The van der Waals surface area contributed by atoms with Gasteiger partial charge >= 0.3 is 23.9 Å².